The summed E-state index contributed by atoms with van der Waals surface area (Å²) in [5.74, 6) is -1.27. The smallest absolute Gasteiger partial charge is 0.412 e. The van der Waals surface area contributed by atoms with Crippen molar-refractivity contribution in [1.29, 1.82) is 0 Å². The molecule has 0 unspecified atom stereocenters. The number of hydrogen-bond donors (Lipinski definition) is 1. The first-order valence-corrected chi connectivity index (χ1v) is 11.6. The number of allylic oxidation sites excluding steroid dienone is 1. The predicted octanol–water partition coefficient (Wildman–Crippen LogP) is 6.62. The first kappa shape index (κ1) is 25.8. The zero-order valence-corrected chi connectivity index (χ0v) is 21.2. The summed E-state index contributed by atoms with van der Waals surface area (Å²) in [6.45, 7) is 12.3. The Morgan fingerprint density at radius 2 is 1.92 bits per heavy atom. The first-order chi connectivity index (χ1) is 17.4. The van der Waals surface area contributed by atoms with Crippen LogP contribution in [-0.4, -0.2) is 21.4 Å². The standard InChI is InChI=1S/C28H27F2N3O4/c1-7-8-18-14-33(24-13-22(20(29)12-21(24)30)31-27(35)36-28(4,5)6)23-11-17(9-10-19(23)26(18)34)25-15(2)32-37-16(25)3/h7,9-14H,1,8H2,2-6H3,(H,31,35). The topological polar surface area (TPSA) is 86.4 Å². The van der Waals surface area contributed by atoms with Gasteiger partial charge in [0, 0.05) is 28.8 Å². The minimum atomic E-state index is -0.972. The van der Waals surface area contributed by atoms with Gasteiger partial charge in [-0.05, 0) is 64.8 Å². The molecule has 4 rings (SSSR count). The van der Waals surface area contributed by atoms with Crippen LogP contribution in [0, 0.1) is 25.5 Å². The van der Waals surface area contributed by atoms with Crippen molar-refractivity contribution in [2.75, 3.05) is 5.32 Å². The Morgan fingerprint density at radius 3 is 2.54 bits per heavy atom. The second-order valence-corrected chi connectivity index (χ2v) is 9.69. The Bertz CT molecular complexity index is 1580. The number of carbonyl (C=O) groups is 1. The summed E-state index contributed by atoms with van der Waals surface area (Å²) in [6.07, 6.45) is 2.42. The molecule has 0 aliphatic heterocycles. The number of nitrogens with zero attached hydrogens (tertiary/aromatic N) is 2. The van der Waals surface area contributed by atoms with Crippen LogP contribution in [0.25, 0.3) is 27.7 Å². The molecule has 7 nitrogen and oxygen atoms in total. The van der Waals surface area contributed by atoms with Crippen LogP contribution in [0.15, 0.2) is 58.5 Å². The van der Waals surface area contributed by atoms with Crippen molar-refractivity contribution < 1.29 is 22.8 Å². The number of fused-ring (bicyclic) bond motifs is 1. The third-order valence-electron chi connectivity index (χ3n) is 5.70. The zero-order chi connectivity index (χ0) is 27.1. The van der Waals surface area contributed by atoms with Crippen molar-refractivity contribution in [2.45, 2.75) is 46.6 Å². The summed E-state index contributed by atoms with van der Waals surface area (Å²) < 4.78 is 41.9. The number of carbonyl (C=O) groups excluding carboxylic acids is 1. The molecule has 0 bridgehead atoms. The quantitative estimate of drug-likeness (QED) is 0.307. The van der Waals surface area contributed by atoms with E-state index in [4.69, 9.17) is 9.26 Å². The maximum atomic E-state index is 15.2. The summed E-state index contributed by atoms with van der Waals surface area (Å²) in [4.78, 5) is 25.5. The van der Waals surface area contributed by atoms with E-state index in [9.17, 15) is 14.0 Å². The molecule has 192 valence electrons. The molecule has 0 fully saturated rings. The highest BCUT2D eigenvalue weighted by molar-refractivity contribution is 5.88. The SMILES string of the molecule is C=CCc1cn(-c2cc(NC(=O)OC(C)(C)C)c(F)cc2F)c2cc(-c3c(C)noc3C)ccc2c1=O. The van der Waals surface area contributed by atoms with Gasteiger partial charge in [-0.3, -0.25) is 10.1 Å². The molecule has 0 saturated heterocycles. The van der Waals surface area contributed by atoms with Gasteiger partial charge in [-0.2, -0.15) is 0 Å². The second-order valence-electron chi connectivity index (χ2n) is 9.69. The average molecular weight is 508 g/mol. The number of anilines is 1. The van der Waals surface area contributed by atoms with Gasteiger partial charge < -0.3 is 13.8 Å². The lowest BCUT2D eigenvalue weighted by Gasteiger charge is -2.20. The van der Waals surface area contributed by atoms with Crippen LogP contribution in [0.2, 0.25) is 0 Å². The number of ether oxygens (including phenoxy) is 1. The molecule has 2 aromatic carbocycles. The van der Waals surface area contributed by atoms with Gasteiger partial charge in [-0.1, -0.05) is 17.3 Å². The van der Waals surface area contributed by atoms with Gasteiger partial charge in [0.1, 0.15) is 23.0 Å². The molecule has 0 aliphatic carbocycles. The van der Waals surface area contributed by atoms with Crippen LogP contribution in [0.4, 0.5) is 19.3 Å². The Balaban J connectivity index is 1.96. The number of benzene rings is 2. The van der Waals surface area contributed by atoms with Gasteiger partial charge in [0.05, 0.1) is 22.6 Å². The number of rotatable bonds is 5. The third-order valence-corrected chi connectivity index (χ3v) is 5.70. The monoisotopic (exact) mass is 507 g/mol. The van der Waals surface area contributed by atoms with E-state index in [2.05, 4.69) is 17.1 Å². The molecular formula is C28H27F2N3O4. The minimum absolute atomic E-state index is 0.0707. The maximum absolute atomic E-state index is 15.2. The van der Waals surface area contributed by atoms with Crippen LogP contribution >= 0.6 is 0 Å². The molecule has 0 atom stereocenters. The van der Waals surface area contributed by atoms with E-state index >= 15 is 4.39 Å². The van der Waals surface area contributed by atoms with Crippen molar-refractivity contribution in [3.8, 4) is 16.8 Å². The fraction of sp³-hybridized carbons (Fsp3) is 0.250. The van der Waals surface area contributed by atoms with E-state index in [0.29, 0.717) is 39.6 Å². The van der Waals surface area contributed by atoms with E-state index in [0.717, 1.165) is 5.56 Å². The predicted molar refractivity (Wildman–Crippen MR) is 138 cm³/mol. The Morgan fingerprint density at radius 1 is 1.19 bits per heavy atom. The summed E-state index contributed by atoms with van der Waals surface area (Å²) in [7, 11) is 0. The number of nitrogens with one attached hydrogen (secondary N) is 1. The van der Waals surface area contributed by atoms with E-state index in [1.165, 1.54) is 16.8 Å². The second kappa shape index (κ2) is 9.65. The molecule has 0 aliphatic rings. The summed E-state index contributed by atoms with van der Waals surface area (Å²) in [5.41, 5.74) is 1.49. The summed E-state index contributed by atoms with van der Waals surface area (Å²) in [6, 6.07) is 7.00. The minimum Gasteiger partial charge on any atom is -0.444 e. The van der Waals surface area contributed by atoms with Gasteiger partial charge in [-0.15, -0.1) is 6.58 Å². The highest BCUT2D eigenvalue weighted by Gasteiger charge is 2.21. The van der Waals surface area contributed by atoms with Crippen LogP contribution in [-0.2, 0) is 11.2 Å². The Labute approximate surface area is 212 Å². The molecule has 2 heterocycles. The van der Waals surface area contributed by atoms with Crippen LogP contribution in [0.5, 0.6) is 0 Å². The highest BCUT2D eigenvalue weighted by Crippen LogP contribution is 2.31. The van der Waals surface area contributed by atoms with Crippen molar-refractivity contribution in [3.63, 3.8) is 0 Å². The van der Waals surface area contributed by atoms with Crippen LogP contribution < -0.4 is 10.7 Å². The normalized spacial score (nSPS) is 11.5. The fourth-order valence-electron chi connectivity index (χ4n) is 4.16. The van der Waals surface area contributed by atoms with Crippen molar-refractivity contribution >= 4 is 22.7 Å². The highest BCUT2D eigenvalue weighted by atomic mass is 19.1. The largest absolute Gasteiger partial charge is 0.444 e. The summed E-state index contributed by atoms with van der Waals surface area (Å²) in [5, 5.41) is 6.66. The number of amides is 1. The number of pyridine rings is 1. The molecule has 4 aromatic rings. The molecule has 1 N–H and O–H groups in total. The number of halogens is 2. The van der Waals surface area contributed by atoms with Crippen molar-refractivity contribution in [3.05, 3.63) is 88.1 Å². The molecule has 0 radical (unpaired) electrons. The van der Waals surface area contributed by atoms with E-state index in [1.54, 1.807) is 58.9 Å². The van der Waals surface area contributed by atoms with E-state index in [1.807, 2.05) is 0 Å². The average Bonchev–Trinajstić information content (AvgIpc) is 3.14. The fourth-order valence-corrected chi connectivity index (χ4v) is 4.16. The van der Waals surface area contributed by atoms with Crippen LogP contribution in [0.3, 0.4) is 0 Å². The lowest BCUT2D eigenvalue weighted by molar-refractivity contribution is 0.0635. The molecule has 0 spiro atoms. The molecular weight excluding hydrogens is 480 g/mol. The lowest BCUT2D eigenvalue weighted by Crippen LogP contribution is -2.27. The Kier molecular flexibility index (Phi) is 6.73. The lowest BCUT2D eigenvalue weighted by atomic mass is 10.0. The van der Waals surface area contributed by atoms with Crippen LogP contribution in [0.1, 0.15) is 37.8 Å². The number of hydrogen-bond acceptors (Lipinski definition) is 5. The van der Waals surface area contributed by atoms with Crippen molar-refractivity contribution in [2.24, 2.45) is 0 Å². The molecule has 37 heavy (non-hydrogen) atoms. The van der Waals surface area contributed by atoms with Crippen molar-refractivity contribution in [1.82, 2.24) is 9.72 Å². The number of aryl methyl sites for hydroxylation is 2. The van der Waals surface area contributed by atoms with Gasteiger partial charge in [0.25, 0.3) is 0 Å². The zero-order valence-electron chi connectivity index (χ0n) is 21.2. The first-order valence-electron chi connectivity index (χ1n) is 11.6. The molecule has 1 amide bonds. The van der Waals surface area contributed by atoms with Gasteiger partial charge >= 0.3 is 6.09 Å². The third kappa shape index (κ3) is 5.16. The van der Waals surface area contributed by atoms with Gasteiger partial charge in [0.2, 0.25) is 0 Å². The van der Waals surface area contributed by atoms with E-state index in [-0.39, 0.29) is 23.2 Å². The Hall–Kier alpha value is -4.27. The molecule has 0 saturated carbocycles. The molecule has 9 heteroatoms. The van der Waals surface area contributed by atoms with E-state index < -0.39 is 23.3 Å². The summed E-state index contributed by atoms with van der Waals surface area (Å²) >= 11 is 0. The van der Waals surface area contributed by atoms with Gasteiger partial charge in [-0.25, -0.2) is 13.6 Å². The molecule has 2 aromatic heterocycles. The number of aromatic nitrogens is 2. The van der Waals surface area contributed by atoms with Gasteiger partial charge in [0.15, 0.2) is 5.43 Å². The maximum Gasteiger partial charge on any atom is 0.412 e.